The van der Waals surface area contributed by atoms with Crippen LogP contribution in [0, 0.1) is 0 Å². The Hall–Kier alpha value is -1.74. The first kappa shape index (κ1) is 23.3. The smallest absolute Gasteiger partial charge is 0.741 e. The molecule has 25 heavy (non-hydrogen) atoms. The largest absolute Gasteiger partial charge is 2.00 e. The van der Waals surface area contributed by atoms with Crippen molar-refractivity contribution in [3.05, 3.63) is 29.8 Å². The molecule has 0 fully saturated rings. The van der Waals surface area contributed by atoms with E-state index in [4.69, 9.17) is 25.3 Å². The molecule has 0 aliphatic carbocycles. The van der Waals surface area contributed by atoms with Crippen LogP contribution in [-0.2, 0) is 42.3 Å². The van der Waals surface area contributed by atoms with E-state index in [2.05, 4.69) is 31.0 Å². The van der Waals surface area contributed by atoms with E-state index in [1.165, 1.54) is 0 Å². The average Bonchev–Trinajstić information content (AvgIpc) is 2.59. The topological polar surface area (TPSA) is 76.7 Å². The van der Waals surface area contributed by atoms with Crippen molar-refractivity contribution in [2.75, 3.05) is 33.1 Å². The summed E-state index contributed by atoms with van der Waals surface area (Å²) in [7, 11) is 7.34. The van der Waals surface area contributed by atoms with Gasteiger partial charge in [-0.25, -0.2) is 0 Å². The Balaban J connectivity index is 0.00000576. The Kier molecular flexibility index (Phi) is 10.9. The number of anilines is 1. The van der Waals surface area contributed by atoms with Gasteiger partial charge in [0.1, 0.15) is 5.71 Å². The minimum atomic E-state index is 0. The van der Waals surface area contributed by atoms with E-state index >= 15 is 0 Å². The third-order valence-corrected chi connectivity index (χ3v) is 3.53. The normalized spacial score (nSPS) is 13.2. The summed E-state index contributed by atoms with van der Waals surface area (Å²) in [5, 5.41) is 22.3. The van der Waals surface area contributed by atoms with Gasteiger partial charge >= 0.3 is 17.1 Å². The molecule has 0 bridgehead atoms. The summed E-state index contributed by atoms with van der Waals surface area (Å²) in [5.74, 6) is 0. The molecule has 1 aromatic rings. The predicted octanol–water partition coefficient (Wildman–Crippen LogP) is 1.07. The number of nitrogens with one attached hydrogen (secondary N) is 2. The molecule has 0 spiro atoms. The van der Waals surface area contributed by atoms with Gasteiger partial charge in [0.25, 0.3) is 0 Å². The van der Waals surface area contributed by atoms with Crippen LogP contribution in [0.2, 0.25) is 0 Å². The first-order valence-electron chi connectivity index (χ1n) is 7.14. The zero-order valence-electron chi connectivity index (χ0n) is 14.7. The van der Waals surface area contributed by atoms with Gasteiger partial charge in [-0.1, -0.05) is 12.1 Å². The average molecular weight is 427 g/mol. The fourth-order valence-electron chi connectivity index (χ4n) is 1.62. The van der Waals surface area contributed by atoms with Crippen LogP contribution in [0.5, 0.6) is 0 Å². The minimum Gasteiger partial charge on any atom is -0.741 e. The zero-order valence-corrected chi connectivity index (χ0v) is 17.2. The van der Waals surface area contributed by atoms with Crippen molar-refractivity contribution in [1.29, 1.82) is 0 Å². The maximum Gasteiger partial charge on any atom is 2.00 e. The molecule has 0 unspecified atom stereocenters. The van der Waals surface area contributed by atoms with E-state index in [1.54, 1.807) is 21.0 Å². The third-order valence-electron chi connectivity index (χ3n) is 2.96. The van der Waals surface area contributed by atoms with E-state index in [0.717, 1.165) is 11.3 Å². The summed E-state index contributed by atoms with van der Waals surface area (Å²) >= 11 is 9.97. The van der Waals surface area contributed by atoms with Gasteiger partial charge in [-0.05, 0) is 29.4 Å². The molecule has 0 aromatic heterocycles. The Morgan fingerprint density at radius 3 is 1.80 bits per heavy atom. The molecule has 0 amide bonds. The molecule has 0 saturated heterocycles. The van der Waals surface area contributed by atoms with Gasteiger partial charge < -0.3 is 40.8 Å². The van der Waals surface area contributed by atoms with Gasteiger partial charge in [0.2, 0.25) is 0 Å². The zero-order chi connectivity index (χ0) is 18.1. The van der Waals surface area contributed by atoms with Crippen molar-refractivity contribution in [2.45, 2.75) is 6.92 Å². The summed E-state index contributed by atoms with van der Waals surface area (Å²) < 4.78 is 0. The van der Waals surface area contributed by atoms with Crippen molar-refractivity contribution in [3.63, 3.8) is 0 Å². The van der Waals surface area contributed by atoms with Gasteiger partial charge in [-0.2, -0.15) is 15.3 Å². The second kappa shape index (κ2) is 11.8. The van der Waals surface area contributed by atoms with E-state index in [-0.39, 0.29) is 22.2 Å². The van der Waals surface area contributed by atoms with Crippen LogP contribution in [0.15, 0.2) is 44.7 Å². The monoisotopic (exact) mass is 426 g/mol. The molecule has 2 N–H and O–H groups in total. The first-order valence-corrected chi connectivity index (χ1v) is 7.96. The number of amidine groups is 2. The van der Waals surface area contributed by atoms with Gasteiger partial charge in [0, 0.05) is 39.4 Å². The van der Waals surface area contributed by atoms with Gasteiger partial charge in [0.05, 0.1) is 5.71 Å². The van der Waals surface area contributed by atoms with Crippen molar-refractivity contribution >= 4 is 52.7 Å². The van der Waals surface area contributed by atoms with Gasteiger partial charge in [-0.3, -0.25) is 0 Å². The number of hydrogen-bond acceptors (Lipinski definition) is 7. The van der Waals surface area contributed by atoms with Gasteiger partial charge in [0.15, 0.2) is 0 Å². The van der Waals surface area contributed by atoms with Crippen LogP contribution in [-0.4, -0.2) is 49.9 Å². The minimum absolute atomic E-state index is 0. The second-order valence-corrected chi connectivity index (χ2v) is 5.66. The molecule has 0 atom stereocenters. The van der Waals surface area contributed by atoms with Gasteiger partial charge in [-0.15, -0.1) is 5.10 Å². The maximum absolute atomic E-state index is 5.00. The van der Waals surface area contributed by atoms with Crippen LogP contribution in [0.3, 0.4) is 0 Å². The van der Waals surface area contributed by atoms with Crippen molar-refractivity contribution in [1.82, 2.24) is 10.6 Å². The molecule has 0 saturated carbocycles. The fourth-order valence-corrected chi connectivity index (χ4v) is 1.70. The van der Waals surface area contributed by atoms with Crippen LogP contribution in [0.4, 0.5) is 5.69 Å². The van der Waals surface area contributed by atoms with Crippen LogP contribution in [0.25, 0.3) is 0 Å². The van der Waals surface area contributed by atoms with Crippen LogP contribution in [0.1, 0.15) is 12.5 Å². The van der Waals surface area contributed by atoms with Crippen molar-refractivity contribution in [2.24, 2.45) is 20.4 Å². The molecular weight excluding hydrogens is 406 g/mol. The van der Waals surface area contributed by atoms with Crippen molar-refractivity contribution < 1.29 is 17.1 Å². The second-order valence-electron chi connectivity index (χ2n) is 4.89. The quantitative estimate of drug-likeness (QED) is 0.242. The molecule has 7 nitrogen and oxygen atoms in total. The Labute approximate surface area is 170 Å². The number of nitrogens with zero attached hydrogens (tertiary/aromatic N) is 5. The molecule has 139 valence electrons. The molecule has 10 heteroatoms. The summed E-state index contributed by atoms with van der Waals surface area (Å²) in [5.41, 5.74) is 3.08. The molecule has 0 aliphatic heterocycles. The summed E-state index contributed by atoms with van der Waals surface area (Å²) in [6, 6.07) is 7.87. The molecule has 0 aliphatic rings. The molecule has 1 rings (SSSR count). The van der Waals surface area contributed by atoms with E-state index < -0.39 is 0 Å². The number of rotatable bonds is 5. The van der Waals surface area contributed by atoms with E-state index in [1.807, 2.05) is 43.3 Å². The SMILES string of the molecule is CN/C([S-])=N/N=C(C)/C(=N/N=C(\[S-])NC)c1ccc(N(C)C)cc1.[Cu+2]. The first-order chi connectivity index (χ1) is 11.4. The Morgan fingerprint density at radius 2 is 1.36 bits per heavy atom. The summed E-state index contributed by atoms with van der Waals surface area (Å²) in [6.45, 7) is 1.79. The van der Waals surface area contributed by atoms with E-state index in [9.17, 15) is 0 Å². The molecule has 1 aromatic carbocycles. The number of hydrogen-bond donors (Lipinski definition) is 2. The van der Waals surface area contributed by atoms with Crippen molar-refractivity contribution in [3.8, 4) is 0 Å². The predicted molar refractivity (Wildman–Crippen MR) is 108 cm³/mol. The van der Waals surface area contributed by atoms with E-state index in [0.29, 0.717) is 16.6 Å². The number of benzene rings is 1. The Morgan fingerprint density at radius 1 is 0.880 bits per heavy atom. The van der Waals surface area contributed by atoms with Crippen LogP contribution >= 0.6 is 0 Å². The summed E-state index contributed by atoms with van der Waals surface area (Å²) in [4.78, 5) is 2.02. The standard InChI is InChI=1S/C15H23N7S2.Cu/c1-10(18-20-14(23)16-2)13(19-21-15(24)17-3)11-6-8-12(9-7-11)22(4)5;/h6-9H,1-5H3,(H2,16,20,23)(H2,17,21,24);/q;+2/p-2/b18-10+,19-13-;. The molecule has 0 heterocycles. The van der Waals surface area contributed by atoms with Crippen LogP contribution < -0.4 is 15.5 Å². The Bertz CT molecular complexity index is 667. The molecular formula is C15H21CuN7S2. The maximum atomic E-state index is 5.00. The molecule has 1 radical (unpaired) electrons. The summed E-state index contributed by atoms with van der Waals surface area (Å²) in [6.07, 6.45) is 0. The fraction of sp³-hybridized carbons (Fsp3) is 0.333. The third kappa shape index (κ3) is 7.78.